The first-order chi connectivity index (χ1) is 11.7. The van der Waals surface area contributed by atoms with Crippen LogP contribution in [0.2, 0.25) is 0 Å². The minimum atomic E-state index is 0.729. The third-order valence-corrected chi connectivity index (χ3v) is 4.28. The lowest BCUT2D eigenvalue weighted by molar-refractivity contribution is 0.296. The molecule has 0 saturated heterocycles. The Morgan fingerprint density at radius 2 is 1.92 bits per heavy atom. The van der Waals surface area contributed by atoms with Crippen LogP contribution in [0.3, 0.4) is 0 Å². The Labute approximate surface area is 142 Å². The van der Waals surface area contributed by atoms with Crippen LogP contribution in [-0.2, 0) is 20.1 Å². The molecule has 0 unspecified atom stereocenters. The largest absolute Gasteiger partial charge is 0.365 e. The summed E-state index contributed by atoms with van der Waals surface area (Å²) in [5.74, 6) is 0.822. The van der Waals surface area contributed by atoms with Gasteiger partial charge < -0.3 is 5.32 Å². The fraction of sp³-hybridized carbons (Fsp3) is 0.389. The molecule has 2 heterocycles. The van der Waals surface area contributed by atoms with Gasteiger partial charge in [0.15, 0.2) is 5.65 Å². The van der Waals surface area contributed by atoms with Gasteiger partial charge in [-0.05, 0) is 24.2 Å². The third-order valence-electron chi connectivity index (χ3n) is 4.28. The highest BCUT2D eigenvalue weighted by Crippen LogP contribution is 2.18. The lowest BCUT2D eigenvalue weighted by atomic mass is 10.1. The molecule has 3 aromatic rings. The zero-order chi connectivity index (χ0) is 16.9. The van der Waals surface area contributed by atoms with E-state index in [0.717, 1.165) is 43.0 Å². The van der Waals surface area contributed by atoms with Crippen molar-refractivity contribution in [2.24, 2.45) is 7.05 Å². The quantitative estimate of drug-likeness (QED) is 0.724. The molecule has 1 aromatic carbocycles. The molecule has 0 aliphatic rings. The van der Waals surface area contributed by atoms with E-state index in [2.05, 4.69) is 63.4 Å². The first-order valence-electron chi connectivity index (χ1n) is 8.38. The summed E-state index contributed by atoms with van der Waals surface area (Å²) >= 11 is 0. The number of fused-ring (bicyclic) bond motifs is 1. The molecule has 6 heteroatoms. The van der Waals surface area contributed by atoms with Gasteiger partial charge >= 0.3 is 0 Å². The Morgan fingerprint density at radius 1 is 1.12 bits per heavy atom. The van der Waals surface area contributed by atoms with Crippen molar-refractivity contribution < 1.29 is 0 Å². The molecule has 0 amide bonds. The van der Waals surface area contributed by atoms with Gasteiger partial charge in [0.2, 0.25) is 0 Å². The van der Waals surface area contributed by atoms with Crippen LogP contribution in [-0.4, -0.2) is 37.7 Å². The summed E-state index contributed by atoms with van der Waals surface area (Å²) in [6.45, 7) is 8.25. The molecular weight excluding hydrogens is 300 g/mol. The highest BCUT2D eigenvalue weighted by Gasteiger charge is 2.08. The highest BCUT2D eigenvalue weighted by molar-refractivity contribution is 5.85. The van der Waals surface area contributed by atoms with E-state index in [0.29, 0.717) is 0 Å². The van der Waals surface area contributed by atoms with Gasteiger partial charge in [-0.3, -0.25) is 9.58 Å². The molecule has 126 valence electrons. The van der Waals surface area contributed by atoms with Crippen LogP contribution in [0.4, 0.5) is 5.82 Å². The van der Waals surface area contributed by atoms with Gasteiger partial charge in [0.1, 0.15) is 12.1 Å². The van der Waals surface area contributed by atoms with Crippen molar-refractivity contribution in [3.8, 4) is 0 Å². The molecule has 0 radical (unpaired) electrons. The SMILES string of the molecule is CCN(CC)Cc1cccc(CNc2ncnc3c2cnn3C)c1. The molecule has 3 rings (SSSR count). The van der Waals surface area contributed by atoms with Gasteiger partial charge in [-0.15, -0.1) is 0 Å². The maximum Gasteiger partial charge on any atom is 0.163 e. The molecule has 1 N–H and O–H groups in total. The predicted molar refractivity (Wildman–Crippen MR) is 96.7 cm³/mol. The monoisotopic (exact) mass is 324 g/mol. The molecular formula is C18H24N6. The molecule has 0 saturated carbocycles. The van der Waals surface area contributed by atoms with Gasteiger partial charge in [-0.1, -0.05) is 38.1 Å². The van der Waals surface area contributed by atoms with Crippen LogP contribution in [0.1, 0.15) is 25.0 Å². The lowest BCUT2D eigenvalue weighted by Crippen LogP contribution is -2.22. The van der Waals surface area contributed by atoms with E-state index in [1.807, 2.05) is 7.05 Å². The van der Waals surface area contributed by atoms with Gasteiger partial charge in [0, 0.05) is 20.1 Å². The summed E-state index contributed by atoms with van der Waals surface area (Å²) in [5.41, 5.74) is 3.42. The van der Waals surface area contributed by atoms with Crippen LogP contribution >= 0.6 is 0 Å². The second-order valence-corrected chi connectivity index (χ2v) is 5.86. The van der Waals surface area contributed by atoms with Crippen LogP contribution < -0.4 is 5.32 Å². The van der Waals surface area contributed by atoms with E-state index >= 15 is 0 Å². The van der Waals surface area contributed by atoms with Crippen molar-refractivity contribution in [1.82, 2.24) is 24.6 Å². The summed E-state index contributed by atoms with van der Waals surface area (Å²) in [6, 6.07) is 8.70. The molecule has 0 aliphatic carbocycles. The summed E-state index contributed by atoms with van der Waals surface area (Å²) in [6.07, 6.45) is 3.37. The number of benzene rings is 1. The van der Waals surface area contributed by atoms with Gasteiger partial charge in [-0.25, -0.2) is 9.97 Å². The molecule has 0 bridgehead atoms. The number of nitrogens with one attached hydrogen (secondary N) is 1. The summed E-state index contributed by atoms with van der Waals surface area (Å²) < 4.78 is 1.76. The number of nitrogens with zero attached hydrogens (tertiary/aromatic N) is 5. The Morgan fingerprint density at radius 3 is 2.71 bits per heavy atom. The lowest BCUT2D eigenvalue weighted by Gasteiger charge is -2.18. The van der Waals surface area contributed by atoms with Crippen LogP contribution in [0.15, 0.2) is 36.8 Å². The Balaban J connectivity index is 1.72. The maximum atomic E-state index is 4.35. The maximum absolute atomic E-state index is 4.35. The molecule has 0 fully saturated rings. The van der Waals surface area contributed by atoms with Gasteiger partial charge in [0.05, 0.1) is 11.6 Å². The van der Waals surface area contributed by atoms with E-state index in [4.69, 9.17) is 0 Å². The van der Waals surface area contributed by atoms with E-state index in [1.54, 1.807) is 17.2 Å². The summed E-state index contributed by atoms with van der Waals surface area (Å²) in [5, 5.41) is 8.60. The van der Waals surface area contributed by atoms with E-state index in [-0.39, 0.29) is 0 Å². The predicted octanol–water partition coefficient (Wildman–Crippen LogP) is 2.82. The second kappa shape index (κ2) is 7.40. The minimum Gasteiger partial charge on any atom is -0.365 e. The Bertz CT molecular complexity index is 806. The van der Waals surface area contributed by atoms with E-state index in [1.165, 1.54) is 11.1 Å². The number of aromatic nitrogens is 4. The van der Waals surface area contributed by atoms with Crippen molar-refractivity contribution >= 4 is 16.9 Å². The Hall–Kier alpha value is -2.47. The minimum absolute atomic E-state index is 0.729. The van der Waals surface area contributed by atoms with Crippen LogP contribution in [0.25, 0.3) is 11.0 Å². The topological polar surface area (TPSA) is 58.9 Å². The smallest absolute Gasteiger partial charge is 0.163 e. The first kappa shape index (κ1) is 16.4. The number of anilines is 1. The molecule has 2 aromatic heterocycles. The number of aryl methyl sites for hydroxylation is 1. The van der Waals surface area contributed by atoms with Gasteiger partial charge in [-0.2, -0.15) is 5.10 Å². The fourth-order valence-corrected chi connectivity index (χ4v) is 2.83. The number of hydrogen-bond acceptors (Lipinski definition) is 5. The van der Waals surface area contributed by atoms with Crippen molar-refractivity contribution in [1.29, 1.82) is 0 Å². The zero-order valence-electron chi connectivity index (χ0n) is 14.5. The number of hydrogen-bond donors (Lipinski definition) is 1. The zero-order valence-corrected chi connectivity index (χ0v) is 14.5. The standard InChI is InChI=1S/C18H24N6/c1-4-24(5-2)12-15-8-6-7-14(9-15)10-19-17-16-11-22-23(3)18(16)21-13-20-17/h6-9,11,13H,4-5,10,12H2,1-3H3,(H,19,20,21). The fourth-order valence-electron chi connectivity index (χ4n) is 2.83. The van der Waals surface area contributed by atoms with Crippen LogP contribution in [0.5, 0.6) is 0 Å². The Kier molecular flexibility index (Phi) is 5.05. The molecule has 24 heavy (non-hydrogen) atoms. The first-order valence-corrected chi connectivity index (χ1v) is 8.38. The average molecular weight is 324 g/mol. The molecule has 0 spiro atoms. The van der Waals surface area contributed by atoms with E-state index < -0.39 is 0 Å². The van der Waals surface area contributed by atoms with Crippen molar-refractivity contribution in [2.75, 3.05) is 18.4 Å². The summed E-state index contributed by atoms with van der Waals surface area (Å²) in [4.78, 5) is 11.0. The van der Waals surface area contributed by atoms with Crippen molar-refractivity contribution in [3.05, 3.63) is 47.9 Å². The van der Waals surface area contributed by atoms with Gasteiger partial charge in [0.25, 0.3) is 0 Å². The van der Waals surface area contributed by atoms with Crippen molar-refractivity contribution in [2.45, 2.75) is 26.9 Å². The second-order valence-electron chi connectivity index (χ2n) is 5.86. The normalized spacial score (nSPS) is 11.3. The van der Waals surface area contributed by atoms with Crippen molar-refractivity contribution in [3.63, 3.8) is 0 Å². The molecule has 0 atom stereocenters. The average Bonchev–Trinajstić information content (AvgIpc) is 3.00. The number of rotatable bonds is 7. The highest BCUT2D eigenvalue weighted by atomic mass is 15.3. The van der Waals surface area contributed by atoms with Crippen LogP contribution in [0, 0.1) is 0 Å². The molecule has 6 nitrogen and oxygen atoms in total. The summed E-state index contributed by atoms with van der Waals surface area (Å²) in [7, 11) is 1.88. The third kappa shape index (κ3) is 3.54. The van der Waals surface area contributed by atoms with E-state index in [9.17, 15) is 0 Å². The molecule has 0 aliphatic heterocycles.